The van der Waals surface area contributed by atoms with E-state index in [0.29, 0.717) is 12.8 Å². The Morgan fingerprint density at radius 3 is 1.56 bits per heavy atom. The minimum absolute atomic E-state index is 0.242. The van der Waals surface area contributed by atoms with Gasteiger partial charge in [0.15, 0.2) is 6.23 Å². The normalized spacial score (nSPS) is 23.8. The molecule has 276 valence electrons. The Kier molecular flexibility index (Phi) is 8.49. The molecule has 4 aliphatic rings. The van der Waals surface area contributed by atoms with E-state index >= 15 is 0 Å². The maximum Gasteiger partial charge on any atom is 0.328 e. The molecule has 1 atom stereocenters. The highest BCUT2D eigenvalue weighted by molar-refractivity contribution is 6.08. The summed E-state index contributed by atoms with van der Waals surface area (Å²) in [6, 6.07) is 25.5. The van der Waals surface area contributed by atoms with E-state index in [2.05, 4.69) is 148 Å². The van der Waals surface area contributed by atoms with E-state index in [9.17, 15) is 14.7 Å². The number of hydrogen-bond acceptors (Lipinski definition) is 5. The molecule has 4 aromatic carbocycles. The molecule has 3 heterocycles. The van der Waals surface area contributed by atoms with E-state index in [-0.39, 0.29) is 16.4 Å². The van der Waals surface area contributed by atoms with Crippen LogP contribution in [-0.4, -0.2) is 60.3 Å². The molecule has 1 saturated heterocycles. The maximum absolute atomic E-state index is 14.0. The topological polar surface area (TPSA) is 67.3 Å². The molecule has 3 amide bonds. The standard InChI is InChI=1S/C47H50N4O3/c1-9-50-35-25-21-29-15-11-13-17-33(29)41(35)46(3,4)37(50)27-23-31-19-20-32(39(31)40-43(52)48(7)45(54)49(8)44(40)53)24-28-38-47(5,6)42-34-18-14-12-16-30(34)22-26-36(42)51(38)10-2/h11-18,21-28,43,52H,9-10,19-20H2,1-8H3. The summed E-state index contributed by atoms with van der Waals surface area (Å²) in [5, 5.41) is 16.6. The predicted molar refractivity (Wildman–Crippen MR) is 221 cm³/mol. The van der Waals surface area contributed by atoms with Gasteiger partial charge in [0.2, 0.25) is 0 Å². The van der Waals surface area contributed by atoms with Crippen LogP contribution < -0.4 is 9.80 Å². The summed E-state index contributed by atoms with van der Waals surface area (Å²) >= 11 is 0. The minimum atomic E-state index is -1.36. The lowest BCUT2D eigenvalue weighted by molar-refractivity contribution is -0.128. The van der Waals surface area contributed by atoms with E-state index in [0.717, 1.165) is 34.7 Å². The monoisotopic (exact) mass is 718 g/mol. The van der Waals surface area contributed by atoms with Gasteiger partial charge in [-0.2, -0.15) is 0 Å². The lowest BCUT2D eigenvalue weighted by atomic mass is 9.81. The van der Waals surface area contributed by atoms with Crippen molar-refractivity contribution in [2.24, 2.45) is 0 Å². The summed E-state index contributed by atoms with van der Waals surface area (Å²) in [6.45, 7) is 15.2. The number of carbonyl (C=O) groups is 2. The number of allylic oxidation sites excluding steroid dienone is 9. The van der Waals surface area contributed by atoms with Gasteiger partial charge in [-0.3, -0.25) is 14.6 Å². The average Bonchev–Trinajstić information content (AvgIpc) is 3.74. The van der Waals surface area contributed by atoms with Gasteiger partial charge in [-0.05, 0) is 100 Å². The van der Waals surface area contributed by atoms with Crippen LogP contribution in [0.4, 0.5) is 16.2 Å². The van der Waals surface area contributed by atoms with E-state index in [1.807, 2.05) is 0 Å². The molecule has 0 aromatic heterocycles. The zero-order valence-corrected chi connectivity index (χ0v) is 32.7. The van der Waals surface area contributed by atoms with Gasteiger partial charge in [-0.1, -0.05) is 101 Å². The number of nitrogens with zero attached hydrogens (tertiary/aromatic N) is 4. The molecule has 7 heteroatoms. The number of imide groups is 1. The fourth-order valence-electron chi connectivity index (χ4n) is 9.66. The van der Waals surface area contributed by atoms with E-state index in [4.69, 9.17) is 0 Å². The average molecular weight is 719 g/mol. The van der Waals surface area contributed by atoms with Crippen molar-refractivity contribution in [2.45, 2.75) is 71.4 Å². The number of amides is 3. The third kappa shape index (κ3) is 5.12. The molecular weight excluding hydrogens is 669 g/mol. The molecule has 1 unspecified atom stereocenters. The molecule has 8 rings (SSSR count). The first kappa shape index (κ1) is 35.6. The fourth-order valence-corrected chi connectivity index (χ4v) is 9.66. The number of carbonyl (C=O) groups excluding carboxylic acids is 2. The van der Waals surface area contributed by atoms with E-state index in [1.165, 1.54) is 67.4 Å². The summed E-state index contributed by atoms with van der Waals surface area (Å²) in [7, 11) is 3.04. The third-order valence-electron chi connectivity index (χ3n) is 12.3. The van der Waals surface area contributed by atoms with Crippen LogP contribution in [0.25, 0.3) is 21.5 Å². The van der Waals surface area contributed by atoms with Crippen LogP contribution in [0.1, 0.15) is 65.5 Å². The number of aliphatic hydroxyl groups excluding tert-OH is 1. The molecule has 54 heavy (non-hydrogen) atoms. The molecule has 3 aliphatic heterocycles. The Labute approximate surface area is 318 Å². The van der Waals surface area contributed by atoms with Gasteiger partial charge in [-0.15, -0.1) is 0 Å². The first-order valence-electron chi connectivity index (χ1n) is 19.2. The Balaban J connectivity index is 1.28. The molecule has 2 fully saturated rings. The number of fused-ring (bicyclic) bond motifs is 6. The Morgan fingerprint density at radius 1 is 0.667 bits per heavy atom. The van der Waals surface area contributed by atoms with Gasteiger partial charge in [0.25, 0.3) is 5.91 Å². The second kappa shape index (κ2) is 12.9. The van der Waals surface area contributed by atoms with Crippen molar-refractivity contribution in [3.63, 3.8) is 0 Å². The molecular formula is C47H50N4O3. The number of anilines is 2. The van der Waals surface area contributed by atoms with Crippen molar-refractivity contribution in [1.29, 1.82) is 0 Å². The van der Waals surface area contributed by atoms with Crippen molar-refractivity contribution < 1.29 is 14.7 Å². The lowest BCUT2D eigenvalue weighted by Crippen LogP contribution is -2.55. The zero-order chi connectivity index (χ0) is 38.3. The van der Waals surface area contributed by atoms with Gasteiger partial charge in [-0.25, -0.2) is 4.79 Å². The Hall–Kier alpha value is -5.40. The largest absolute Gasteiger partial charge is 0.369 e. The van der Waals surface area contributed by atoms with Crippen LogP contribution in [0, 0.1) is 0 Å². The number of benzene rings is 4. The lowest BCUT2D eigenvalue weighted by Gasteiger charge is -2.36. The molecule has 0 bridgehead atoms. The highest BCUT2D eigenvalue weighted by Crippen LogP contribution is 2.52. The fraction of sp³-hybridized carbons (Fsp3) is 0.319. The summed E-state index contributed by atoms with van der Waals surface area (Å²) in [6.07, 6.45) is 8.78. The first-order chi connectivity index (χ1) is 25.8. The van der Waals surface area contributed by atoms with Gasteiger partial charge in [0.05, 0.1) is 5.57 Å². The van der Waals surface area contributed by atoms with Crippen LogP contribution in [0.3, 0.4) is 0 Å². The second-order valence-electron chi connectivity index (χ2n) is 16.0. The van der Waals surface area contributed by atoms with Crippen LogP contribution >= 0.6 is 0 Å². The number of hydrogen-bond donors (Lipinski definition) is 1. The molecule has 1 saturated carbocycles. The highest BCUT2D eigenvalue weighted by Gasteiger charge is 2.44. The Morgan fingerprint density at radius 2 is 1.11 bits per heavy atom. The van der Waals surface area contributed by atoms with E-state index in [1.54, 1.807) is 7.05 Å². The summed E-state index contributed by atoms with van der Waals surface area (Å²) in [4.78, 5) is 34.1. The summed E-state index contributed by atoms with van der Waals surface area (Å²) in [5.74, 6) is -0.467. The number of rotatable bonds is 4. The third-order valence-corrected chi connectivity index (χ3v) is 12.3. The Bertz CT molecular complexity index is 2280. The molecule has 7 nitrogen and oxygen atoms in total. The van der Waals surface area contributed by atoms with Crippen molar-refractivity contribution in [2.75, 3.05) is 37.0 Å². The van der Waals surface area contributed by atoms with E-state index < -0.39 is 18.2 Å². The van der Waals surface area contributed by atoms with Crippen LogP contribution in [0.15, 0.2) is 131 Å². The van der Waals surface area contributed by atoms with Crippen LogP contribution in [0.5, 0.6) is 0 Å². The highest BCUT2D eigenvalue weighted by atomic mass is 16.3. The van der Waals surface area contributed by atoms with Gasteiger partial charge in [0.1, 0.15) is 0 Å². The summed E-state index contributed by atoms with van der Waals surface area (Å²) in [5.41, 5.74) is 9.82. The van der Waals surface area contributed by atoms with Gasteiger partial charge >= 0.3 is 6.03 Å². The van der Waals surface area contributed by atoms with Crippen molar-refractivity contribution in [1.82, 2.24) is 9.80 Å². The molecule has 0 spiro atoms. The van der Waals surface area contributed by atoms with Crippen molar-refractivity contribution in [3.05, 3.63) is 142 Å². The van der Waals surface area contributed by atoms with Crippen molar-refractivity contribution >= 4 is 44.9 Å². The SMILES string of the molecule is CCN1C(=CC=C2CCC(=CC=C3N(CC)c4ccc5ccccc5c4C3(C)C)C2=C2C(=O)N(C)C(=O)N(C)C2O)C(C)(C)c2c1ccc1ccccc21. The maximum atomic E-state index is 14.0. The van der Waals surface area contributed by atoms with Gasteiger partial charge < -0.3 is 14.9 Å². The summed E-state index contributed by atoms with van der Waals surface area (Å²) < 4.78 is 0. The minimum Gasteiger partial charge on any atom is -0.369 e. The number of aliphatic hydroxyl groups is 1. The quantitative estimate of drug-likeness (QED) is 0.213. The smallest absolute Gasteiger partial charge is 0.328 e. The molecule has 0 radical (unpaired) electrons. The first-order valence-corrected chi connectivity index (χ1v) is 19.2. The molecule has 1 aliphatic carbocycles. The molecule has 1 N–H and O–H groups in total. The van der Waals surface area contributed by atoms with Crippen molar-refractivity contribution in [3.8, 4) is 0 Å². The zero-order valence-electron chi connectivity index (χ0n) is 32.7. The molecule has 4 aromatic rings. The van der Waals surface area contributed by atoms with Crippen LogP contribution in [-0.2, 0) is 15.6 Å². The number of urea groups is 1. The predicted octanol–water partition coefficient (Wildman–Crippen LogP) is 9.48. The van der Waals surface area contributed by atoms with Crippen LogP contribution in [0.2, 0.25) is 0 Å². The number of likely N-dealkylation sites (N-methyl/N-ethyl adjacent to an activating group) is 4. The second-order valence-corrected chi connectivity index (χ2v) is 16.0. The van der Waals surface area contributed by atoms with Gasteiger partial charge in [0, 0.05) is 60.8 Å².